The maximum atomic E-state index is 14.9. The third-order valence-corrected chi connectivity index (χ3v) is 9.89. The van der Waals surface area contributed by atoms with E-state index in [1.165, 1.54) is 4.90 Å². The molecule has 0 bridgehead atoms. The molecular formula is C36H34N6O5. The first-order valence-corrected chi connectivity index (χ1v) is 15.9. The van der Waals surface area contributed by atoms with E-state index in [4.69, 9.17) is 4.74 Å². The SMILES string of the molecule is O=C1C2N([C@@H](CO)Cc3ccccc3)C(=O)[C@@H]3[C@H]4C(=O)N(c5ccccc5)CC=C[C@H]4O[C@]23C=CCN1Cn1nnc2ccccc21. The molecule has 11 nitrogen and oxygen atoms in total. The van der Waals surface area contributed by atoms with Gasteiger partial charge in [0.1, 0.15) is 23.8 Å². The Morgan fingerprint density at radius 3 is 2.40 bits per heavy atom. The van der Waals surface area contributed by atoms with Gasteiger partial charge in [-0.15, -0.1) is 5.10 Å². The van der Waals surface area contributed by atoms with Crippen molar-refractivity contribution >= 4 is 34.4 Å². The Morgan fingerprint density at radius 1 is 0.872 bits per heavy atom. The number of aliphatic hydroxyl groups excluding tert-OH is 1. The van der Waals surface area contributed by atoms with Crippen LogP contribution in [-0.4, -0.2) is 91.1 Å². The van der Waals surface area contributed by atoms with Gasteiger partial charge in [0.05, 0.1) is 36.1 Å². The molecule has 3 aromatic carbocycles. The number of amides is 3. The Bertz CT molecular complexity index is 1890. The van der Waals surface area contributed by atoms with E-state index in [9.17, 15) is 19.5 Å². The fraction of sp³-hybridized carbons (Fsp3) is 0.306. The summed E-state index contributed by atoms with van der Waals surface area (Å²) in [5, 5.41) is 19.3. The van der Waals surface area contributed by atoms with E-state index in [1.807, 2.05) is 109 Å². The Balaban J connectivity index is 1.21. The number of ether oxygens (including phenoxy) is 1. The minimum Gasteiger partial charge on any atom is -0.394 e. The summed E-state index contributed by atoms with van der Waals surface area (Å²) in [5.74, 6) is -2.80. The molecular weight excluding hydrogens is 596 g/mol. The minimum absolute atomic E-state index is 0.0961. The van der Waals surface area contributed by atoms with E-state index in [0.717, 1.165) is 16.8 Å². The highest BCUT2D eigenvalue weighted by atomic mass is 16.5. The summed E-state index contributed by atoms with van der Waals surface area (Å²) in [5.41, 5.74) is 1.69. The molecule has 6 atom stereocenters. The smallest absolute Gasteiger partial charge is 0.250 e. The molecule has 1 spiro atoms. The lowest BCUT2D eigenvalue weighted by molar-refractivity contribution is -0.151. The quantitative estimate of drug-likeness (QED) is 0.312. The highest BCUT2D eigenvalue weighted by Gasteiger charge is 2.72. The number of fused-ring (bicyclic) bond motifs is 3. The zero-order chi connectivity index (χ0) is 32.1. The zero-order valence-corrected chi connectivity index (χ0v) is 25.6. The lowest BCUT2D eigenvalue weighted by Crippen LogP contribution is -2.58. The molecule has 11 heteroatoms. The molecule has 238 valence electrons. The van der Waals surface area contributed by atoms with Crippen molar-refractivity contribution in [3.05, 3.63) is 115 Å². The van der Waals surface area contributed by atoms with E-state index in [2.05, 4.69) is 10.3 Å². The Kier molecular flexibility index (Phi) is 7.22. The number of rotatable bonds is 7. The number of likely N-dealkylation sites (tertiary alicyclic amines) is 1. The number of para-hydroxylation sites is 2. The van der Waals surface area contributed by atoms with E-state index in [1.54, 1.807) is 14.5 Å². The van der Waals surface area contributed by atoms with Gasteiger partial charge in [0, 0.05) is 18.8 Å². The van der Waals surface area contributed by atoms with Gasteiger partial charge in [-0.05, 0) is 36.2 Å². The monoisotopic (exact) mass is 630 g/mol. The van der Waals surface area contributed by atoms with Crippen LogP contribution >= 0.6 is 0 Å². The Morgan fingerprint density at radius 2 is 1.62 bits per heavy atom. The lowest BCUT2D eigenvalue weighted by Gasteiger charge is -2.38. The van der Waals surface area contributed by atoms with Gasteiger partial charge in [-0.2, -0.15) is 0 Å². The summed E-state index contributed by atoms with van der Waals surface area (Å²) in [6.07, 6.45) is 7.02. The molecule has 0 radical (unpaired) electrons. The van der Waals surface area contributed by atoms with E-state index >= 15 is 0 Å². The number of nitrogens with zero attached hydrogens (tertiary/aromatic N) is 6. The van der Waals surface area contributed by atoms with Gasteiger partial charge in [0.2, 0.25) is 11.8 Å². The van der Waals surface area contributed by atoms with Gasteiger partial charge >= 0.3 is 0 Å². The molecule has 1 aromatic heterocycles. The fourth-order valence-electron chi connectivity index (χ4n) is 7.80. The number of hydrogen-bond donors (Lipinski definition) is 1. The molecule has 0 aliphatic carbocycles. The van der Waals surface area contributed by atoms with Crippen LogP contribution in [0.15, 0.2) is 109 Å². The van der Waals surface area contributed by atoms with Crippen LogP contribution in [0.5, 0.6) is 0 Å². The second-order valence-electron chi connectivity index (χ2n) is 12.5. The van der Waals surface area contributed by atoms with Crippen molar-refractivity contribution in [1.29, 1.82) is 0 Å². The zero-order valence-electron chi connectivity index (χ0n) is 25.6. The van der Waals surface area contributed by atoms with E-state index in [0.29, 0.717) is 18.5 Å². The predicted molar refractivity (Wildman–Crippen MR) is 173 cm³/mol. The van der Waals surface area contributed by atoms with Gasteiger partial charge in [0.15, 0.2) is 0 Å². The third kappa shape index (κ3) is 4.68. The summed E-state index contributed by atoms with van der Waals surface area (Å²) >= 11 is 0. The molecule has 4 aliphatic heterocycles. The largest absolute Gasteiger partial charge is 0.394 e. The van der Waals surface area contributed by atoms with Crippen molar-refractivity contribution in [2.75, 3.05) is 24.6 Å². The van der Waals surface area contributed by atoms with Crippen molar-refractivity contribution in [2.24, 2.45) is 11.8 Å². The van der Waals surface area contributed by atoms with Crippen LogP contribution in [0.25, 0.3) is 11.0 Å². The number of carbonyl (C=O) groups excluding carboxylic acids is 3. The summed E-state index contributed by atoms with van der Waals surface area (Å²) in [4.78, 5) is 49.0. The van der Waals surface area contributed by atoms with Gasteiger partial charge in [-0.3, -0.25) is 14.4 Å². The first-order chi connectivity index (χ1) is 23.0. The lowest BCUT2D eigenvalue weighted by atomic mass is 9.77. The topological polar surface area (TPSA) is 121 Å². The molecule has 4 aliphatic rings. The van der Waals surface area contributed by atoms with Crippen molar-refractivity contribution in [3.63, 3.8) is 0 Å². The van der Waals surface area contributed by atoms with Gasteiger partial charge in [-0.1, -0.05) is 90.2 Å². The van der Waals surface area contributed by atoms with Gasteiger partial charge in [-0.25, -0.2) is 4.68 Å². The molecule has 8 rings (SSSR count). The number of hydrogen-bond acceptors (Lipinski definition) is 7. The highest BCUT2D eigenvalue weighted by Crippen LogP contribution is 2.54. The van der Waals surface area contributed by atoms with Crippen LogP contribution in [0.1, 0.15) is 5.56 Å². The number of carbonyl (C=O) groups is 3. The molecule has 47 heavy (non-hydrogen) atoms. The Labute approximate surface area is 271 Å². The third-order valence-electron chi connectivity index (χ3n) is 9.89. The molecule has 4 aromatic rings. The van der Waals surface area contributed by atoms with Crippen molar-refractivity contribution < 1.29 is 24.2 Å². The molecule has 5 heterocycles. The van der Waals surface area contributed by atoms with E-state index < -0.39 is 35.6 Å². The normalized spacial score (nSPS) is 27.5. The van der Waals surface area contributed by atoms with Gasteiger partial charge in [0.25, 0.3) is 5.91 Å². The predicted octanol–water partition coefficient (Wildman–Crippen LogP) is 2.57. The van der Waals surface area contributed by atoms with Gasteiger partial charge < -0.3 is 24.5 Å². The fourth-order valence-corrected chi connectivity index (χ4v) is 7.80. The van der Waals surface area contributed by atoms with E-state index in [-0.39, 0.29) is 37.5 Å². The summed E-state index contributed by atoms with van der Waals surface area (Å²) < 4.78 is 8.48. The first kappa shape index (κ1) is 29.3. The average Bonchev–Trinajstić information content (AvgIpc) is 3.66. The molecule has 1 unspecified atom stereocenters. The minimum atomic E-state index is -1.42. The van der Waals surface area contributed by atoms with Crippen LogP contribution < -0.4 is 4.90 Å². The molecule has 0 saturated carbocycles. The van der Waals surface area contributed by atoms with Crippen LogP contribution in [0.3, 0.4) is 0 Å². The summed E-state index contributed by atoms with van der Waals surface area (Å²) in [7, 11) is 0. The maximum Gasteiger partial charge on any atom is 0.250 e. The molecule has 2 saturated heterocycles. The van der Waals surface area contributed by atoms with Crippen LogP contribution in [0.2, 0.25) is 0 Å². The summed E-state index contributed by atoms with van der Waals surface area (Å²) in [6, 6.07) is 24.6. The molecule has 2 fully saturated rings. The second kappa shape index (κ2) is 11.6. The van der Waals surface area contributed by atoms with Crippen LogP contribution in [-0.2, 0) is 32.2 Å². The number of aliphatic hydroxyl groups is 1. The van der Waals surface area contributed by atoms with Crippen LogP contribution in [0.4, 0.5) is 5.69 Å². The highest BCUT2D eigenvalue weighted by molar-refractivity contribution is 6.04. The average molecular weight is 631 g/mol. The second-order valence-corrected chi connectivity index (χ2v) is 12.5. The standard InChI is InChI=1S/C36H34N6O5/c43-22-26(21-24-11-3-1-4-12-24)42-32-35(46)39(23-41-28-16-8-7-15-27(28)37-38-41)19-10-18-36(32)31(34(42)45)30-29(47-36)17-9-20-40(33(30)44)25-13-5-2-6-14-25/h1-18,26,29-32,43H,19-23H2/t26-,29-,30+,31+,32?,36+/m1/s1. The van der Waals surface area contributed by atoms with Crippen molar-refractivity contribution in [3.8, 4) is 0 Å². The van der Waals surface area contributed by atoms with Crippen molar-refractivity contribution in [1.82, 2.24) is 24.8 Å². The summed E-state index contributed by atoms with van der Waals surface area (Å²) in [6.45, 7) is 0.296. The van der Waals surface area contributed by atoms with Crippen LogP contribution in [0, 0.1) is 11.8 Å². The first-order valence-electron chi connectivity index (χ1n) is 15.9. The number of anilines is 1. The number of benzene rings is 3. The Hall–Kier alpha value is -5.13. The molecule has 1 N–H and O–H groups in total. The molecule has 3 amide bonds. The number of aromatic nitrogens is 3. The van der Waals surface area contributed by atoms with Crippen molar-refractivity contribution in [2.45, 2.75) is 36.9 Å². The maximum absolute atomic E-state index is 14.9.